The van der Waals surface area contributed by atoms with Crippen LogP contribution in [0.15, 0.2) is 22.7 Å². The SMILES string of the molecule is CC(C)n1c(-c2ccc(Br)cc2F)n[nH]c1=S. The molecular formula is C11H11BrFN3S. The molecular weight excluding hydrogens is 305 g/mol. The summed E-state index contributed by atoms with van der Waals surface area (Å²) in [5.41, 5.74) is 0.439. The first-order chi connectivity index (χ1) is 8.00. The first kappa shape index (κ1) is 12.4. The number of aromatic nitrogens is 3. The van der Waals surface area contributed by atoms with Crippen LogP contribution < -0.4 is 0 Å². The molecule has 0 fully saturated rings. The number of nitrogens with one attached hydrogen (secondary N) is 1. The van der Waals surface area contributed by atoms with Crippen molar-refractivity contribution in [3.8, 4) is 11.4 Å². The van der Waals surface area contributed by atoms with E-state index in [0.29, 0.717) is 20.6 Å². The fourth-order valence-corrected chi connectivity index (χ4v) is 2.32. The normalized spacial score (nSPS) is 11.1. The van der Waals surface area contributed by atoms with Gasteiger partial charge in [0.15, 0.2) is 10.6 Å². The molecule has 1 aromatic carbocycles. The van der Waals surface area contributed by atoms with E-state index in [4.69, 9.17) is 12.2 Å². The van der Waals surface area contributed by atoms with Crippen LogP contribution in [0.3, 0.4) is 0 Å². The third-order valence-corrected chi connectivity index (χ3v) is 3.17. The molecule has 0 atom stereocenters. The summed E-state index contributed by atoms with van der Waals surface area (Å²) in [6, 6.07) is 5.00. The van der Waals surface area contributed by atoms with E-state index in [1.165, 1.54) is 6.07 Å². The van der Waals surface area contributed by atoms with Crippen LogP contribution in [0.2, 0.25) is 0 Å². The van der Waals surface area contributed by atoms with Crippen molar-refractivity contribution in [3.05, 3.63) is 33.3 Å². The predicted molar refractivity (Wildman–Crippen MR) is 70.9 cm³/mol. The molecule has 2 aromatic rings. The summed E-state index contributed by atoms with van der Waals surface area (Å²) in [5.74, 6) is 0.199. The van der Waals surface area contributed by atoms with Crippen molar-refractivity contribution in [1.29, 1.82) is 0 Å². The Morgan fingerprint density at radius 2 is 2.18 bits per heavy atom. The molecule has 0 bridgehead atoms. The third-order valence-electron chi connectivity index (χ3n) is 2.39. The van der Waals surface area contributed by atoms with E-state index in [0.717, 1.165) is 0 Å². The summed E-state index contributed by atoms with van der Waals surface area (Å²) < 4.78 is 16.8. The maximum absolute atomic E-state index is 13.9. The quantitative estimate of drug-likeness (QED) is 0.847. The first-order valence-corrected chi connectivity index (χ1v) is 6.33. The van der Waals surface area contributed by atoms with Crippen molar-refractivity contribution in [2.24, 2.45) is 0 Å². The molecule has 6 heteroatoms. The fourth-order valence-electron chi connectivity index (χ4n) is 1.64. The molecule has 1 aromatic heterocycles. The maximum atomic E-state index is 13.9. The number of benzene rings is 1. The second-order valence-corrected chi connectivity index (χ2v) is 5.24. The zero-order valence-electron chi connectivity index (χ0n) is 9.37. The lowest BCUT2D eigenvalue weighted by Gasteiger charge is -2.10. The molecule has 0 saturated carbocycles. The van der Waals surface area contributed by atoms with Crippen molar-refractivity contribution in [2.75, 3.05) is 0 Å². The van der Waals surface area contributed by atoms with Crippen LogP contribution in [0.4, 0.5) is 4.39 Å². The van der Waals surface area contributed by atoms with Gasteiger partial charge in [0.2, 0.25) is 0 Å². The van der Waals surface area contributed by atoms with Gasteiger partial charge in [0.1, 0.15) is 5.82 Å². The Bertz CT molecular complexity index is 603. The van der Waals surface area contributed by atoms with Gasteiger partial charge in [0, 0.05) is 10.5 Å². The third kappa shape index (κ3) is 2.32. The molecule has 1 heterocycles. The minimum atomic E-state index is -0.324. The van der Waals surface area contributed by atoms with Gasteiger partial charge >= 0.3 is 0 Å². The van der Waals surface area contributed by atoms with Crippen molar-refractivity contribution in [2.45, 2.75) is 19.9 Å². The van der Waals surface area contributed by atoms with E-state index in [1.807, 2.05) is 13.8 Å². The number of aromatic amines is 1. The smallest absolute Gasteiger partial charge is 0.195 e. The zero-order chi connectivity index (χ0) is 12.6. The van der Waals surface area contributed by atoms with Crippen LogP contribution in [-0.4, -0.2) is 14.8 Å². The van der Waals surface area contributed by atoms with Crippen LogP contribution in [0.25, 0.3) is 11.4 Å². The van der Waals surface area contributed by atoms with Gasteiger partial charge in [0.25, 0.3) is 0 Å². The highest BCUT2D eigenvalue weighted by atomic mass is 79.9. The van der Waals surface area contributed by atoms with Gasteiger partial charge in [-0.1, -0.05) is 15.9 Å². The minimum Gasteiger partial charge on any atom is -0.298 e. The van der Waals surface area contributed by atoms with Gasteiger partial charge < -0.3 is 0 Å². The summed E-state index contributed by atoms with van der Waals surface area (Å²) in [7, 11) is 0. The molecule has 90 valence electrons. The molecule has 0 aliphatic heterocycles. The molecule has 0 radical (unpaired) electrons. The first-order valence-electron chi connectivity index (χ1n) is 5.13. The van der Waals surface area contributed by atoms with Crippen LogP contribution in [-0.2, 0) is 0 Å². The lowest BCUT2D eigenvalue weighted by Crippen LogP contribution is -2.04. The average molecular weight is 316 g/mol. The van der Waals surface area contributed by atoms with E-state index >= 15 is 0 Å². The van der Waals surface area contributed by atoms with Gasteiger partial charge in [-0.25, -0.2) is 4.39 Å². The highest BCUT2D eigenvalue weighted by molar-refractivity contribution is 9.10. The van der Waals surface area contributed by atoms with Crippen LogP contribution in [0, 0.1) is 10.6 Å². The van der Waals surface area contributed by atoms with Gasteiger partial charge in [-0.05, 0) is 44.3 Å². The largest absolute Gasteiger partial charge is 0.298 e. The number of hydrogen-bond acceptors (Lipinski definition) is 2. The van der Waals surface area contributed by atoms with E-state index in [1.54, 1.807) is 16.7 Å². The minimum absolute atomic E-state index is 0.124. The molecule has 1 N–H and O–H groups in total. The van der Waals surface area contributed by atoms with Gasteiger partial charge in [-0.3, -0.25) is 9.67 Å². The summed E-state index contributed by atoms with van der Waals surface area (Å²) >= 11 is 8.36. The second kappa shape index (κ2) is 4.70. The molecule has 3 nitrogen and oxygen atoms in total. The molecule has 0 unspecified atom stereocenters. The van der Waals surface area contributed by atoms with Crippen molar-refractivity contribution in [1.82, 2.24) is 14.8 Å². The average Bonchev–Trinajstić information content (AvgIpc) is 2.60. The summed E-state index contributed by atoms with van der Waals surface area (Å²) in [5, 5.41) is 6.78. The van der Waals surface area contributed by atoms with Crippen LogP contribution in [0.1, 0.15) is 19.9 Å². The Morgan fingerprint density at radius 3 is 2.76 bits per heavy atom. The lowest BCUT2D eigenvalue weighted by atomic mass is 10.2. The molecule has 2 rings (SSSR count). The maximum Gasteiger partial charge on any atom is 0.195 e. The van der Waals surface area contributed by atoms with E-state index in [9.17, 15) is 4.39 Å². The Kier molecular flexibility index (Phi) is 3.44. The summed E-state index contributed by atoms with van der Waals surface area (Å²) in [6.45, 7) is 3.96. The number of nitrogens with zero attached hydrogens (tertiary/aromatic N) is 2. The number of H-pyrrole nitrogens is 1. The topological polar surface area (TPSA) is 33.6 Å². The molecule has 0 amide bonds. The summed E-state index contributed by atoms with van der Waals surface area (Å²) in [6.07, 6.45) is 0. The molecule has 0 aliphatic rings. The number of rotatable bonds is 2. The van der Waals surface area contributed by atoms with Gasteiger partial charge in [0.05, 0.1) is 5.56 Å². The predicted octanol–water partition coefficient (Wildman–Crippen LogP) is 4.09. The number of halogens is 2. The number of hydrogen-bond donors (Lipinski definition) is 1. The molecule has 17 heavy (non-hydrogen) atoms. The van der Waals surface area contributed by atoms with Gasteiger partial charge in [-0.15, -0.1) is 0 Å². The Balaban J connectivity index is 2.65. The lowest BCUT2D eigenvalue weighted by molar-refractivity contribution is 0.588. The Hall–Kier alpha value is -1.01. The van der Waals surface area contributed by atoms with Crippen molar-refractivity contribution < 1.29 is 4.39 Å². The Morgan fingerprint density at radius 1 is 1.47 bits per heavy atom. The zero-order valence-corrected chi connectivity index (χ0v) is 11.8. The van der Waals surface area contributed by atoms with Gasteiger partial charge in [-0.2, -0.15) is 5.10 Å². The van der Waals surface area contributed by atoms with E-state index < -0.39 is 0 Å². The van der Waals surface area contributed by atoms with Crippen molar-refractivity contribution >= 4 is 28.1 Å². The molecule has 0 spiro atoms. The molecule has 0 aliphatic carbocycles. The van der Waals surface area contributed by atoms with Crippen LogP contribution in [0.5, 0.6) is 0 Å². The standard InChI is InChI=1S/C11H11BrFN3S/c1-6(2)16-10(14-15-11(16)17)8-4-3-7(12)5-9(8)13/h3-6H,1-2H3,(H,15,17). The monoisotopic (exact) mass is 315 g/mol. The molecule has 0 saturated heterocycles. The second-order valence-electron chi connectivity index (χ2n) is 3.94. The highest BCUT2D eigenvalue weighted by Gasteiger charge is 2.15. The van der Waals surface area contributed by atoms with Crippen molar-refractivity contribution in [3.63, 3.8) is 0 Å². The Labute approximate surface area is 112 Å². The summed E-state index contributed by atoms with van der Waals surface area (Å²) in [4.78, 5) is 0. The highest BCUT2D eigenvalue weighted by Crippen LogP contribution is 2.26. The fraction of sp³-hybridized carbons (Fsp3) is 0.273. The van der Waals surface area contributed by atoms with Crippen LogP contribution >= 0.6 is 28.1 Å². The van der Waals surface area contributed by atoms with E-state index in [2.05, 4.69) is 26.1 Å². The van der Waals surface area contributed by atoms with E-state index in [-0.39, 0.29) is 11.9 Å².